The lowest BCUT2D eigenvalue weighted by Gasteiger charge is -2.24. The number of nitrogens with zero attached hydrogens (tertiary/aromatic N) is 1. The summed E-state index contributed by atoms with van der Waals surface area (Å²) in [6.07, 6.45) is 1.81. The van der Waals surface area contributed by atoms with E-state index in [1.165, 1.54) is 6.08 Å². The zero-order valence-electron chi connectivity index (χ0n) is 18.0. The molecular formula is C26H23N3O4. The molecular weight excluding hydrogens is 418 g/mol. The Hall–Kier alpha value is -4.39. The van der Waals surface area contributed by atoms with Crippen LogP contribution >= 0.6 is 0 Å². The number of fused-ring (bicyclic) bond motifs is 1. The number of ether oxygens (including phenoxy) is 1. The number of oxime groups is 1. The molecule has 3 aromatic rings. The minimum absolute atomic E-state index is 0.187. The molecule has 4 rings (SSSR count). The molecule has 1 aliphatic rings. The SMILES string of the molecule is COc1ccc(NC(=O)[C@@H](Cc2ccccc2)NC2=C/C(=N/O)c3ccccc3C2=O)cc1. The maximum atomic E-state index is 13.2. The lowest BCUT2D eigenvalue weighted by Crippen LogP contribution is -2.44. The van der Waals surface area contributed by atoms with Crippen molar-refractivity contribution in [2.24, 2.45) is 5.16 Å². The summed E-state index contributed by atoms with van der Waals surface area (Å²) in [5, 5.41) is 18.8. The highest BCUT2D eigenvalue weighted by Crippen LogP contribution is 2.22. The molecule has 0 heterocycles. The van der Waals surface area contributed by atoms with Crippen molar-refractivity contribution in [1.29, 1.82) is 0 Å². The lowest BCUT2D eigenvalue weighted by atomic mass is 9.91. The molecule has 1 aliphatic carbocycles. The van der Waals surface area contributed by atoms with E-state index in [0.717, 1.165) is 5.56 Å². The second-order valence-corrected chi connectivity index (χ2v) is 7.52. The first-order valence-corrected chi connectivity index (χ1v) is 10.4. The van der Waals surface area contributed by atoms with Crippen molar-refractivity contribution in [3.63, 3.8) is 0 Å². The monoisotopic (exact) mass is 441 g/mol. The van der Waals surface area contributed by atoms with E-state index < -0.39 is 6.04 Å². The van der Waals surface area contributed by atoms with Gasteiger partial charge in [0.1, 0.15) is 17.5 Å². The van der Waals surface area contributed by atoms with Crippen molar-refractivity contribution in [2.45, 2.75) is 12.5 Å². The van der Waals surface area contributed by atoms with Crippen LogP contribution in [0, 0.1) is 0 Å². The summed E-state index contributed by atoms with van der Waals surface area (Å²) >= 11 is 0. The van der Waals surface area contributed by atoms with Gasteiger partial charge in [-0.3, -0.25) is 9.59 Å². The number of methoxy groups -OCH3 is 1. The van der Waals surface area contributed by atoms with Crippen LogP contribution in [0.4, 0.5) is 5.69 Å². The van der Waals surface area contributed by atoms with Gasteiger partial charge in [0.2, 0.25) is 11.7 Å². The fraction of sp³-hybridized carbons (Fsp3) is 0.115. The predicted octanol–water partition coefficient (Wildman–Crippen LogP) is 3.79. The van der Waals surface area contributed by atoms with Crippen LogP contribution in [-0.4, -0.2) is 35.8 Å². The van der Waals surface area contributed by atoms with Crippen molar-refractivity contribution in [3.05, 3.63) is 107 Å². The third-order valence-corrected chi connectivity index (χ3v) is 5.37. The molecule has 7 nitrogen and oxygen atoms in total. The smallest absolute Gasteiger partial charge is 0.247 e. The first kappa shape index (κ1) is 21.8. The second kappa shape index (κ2) is 9.82. The van der Waals surface area contributed by atoms with E-state index in [4.69, 9.17) is 4.74 Å². The molecule has 166 valence electrons. The summed E-state index contributed by atoms with van der Waals surface area (Å²) < 4.78 is 5.16. The summed E-state index contributed by atoms with van der Waals surface area (Å²) in [5.74, 6) is 0.103. The van der Waals surface area contributed by atoms with E-state index in [9.17, 15) is 14.8 Å². The highest BCUT2D eigenvalue weighted by molar-refractivity contribution is 6.26. The standard InChI is InChI=1S/C26H23N3O4/c1-33-19-13-11-18(12-14-19)27-26(31)24(15-17-7-3-2-4-8-17)28-23-16-22(29-32)20-9-5-6-10-21(20)25(23)30/h2-14,16,24,28,32H,15H2,1H3,(H,27,31)/b29-22-/t24-/m1/s1. The van der Waals surface area contributed by atoms with Gasteiger partial charge in [0.25, 0.3) is 0 Å². The van der Waals surface area contributed by atoms with Crippen LogP contribution in [0.15, 0.2) is 95.8 Å². The number of rotatable bonds is 7. The molecule has 0 aliphatic heterocycles. The fourth-order valence-electron chi connectivity index (χ4n) is 3.67. The largest absolute Gasteiger partial charge is 0.497 e. The van der Waals surface area contributed by atoms with E-state index in [0.29, 0.717) is 29.0 Å². The molecule has 33 heavy (non-hydrogen) atoms. The van der Waals surface area contributed by atoms with E-state index in [1.54, 1.807) is 55.6 Å². The topological polar surface area (TPSA) is 100 Å². The van der Waals surface area contributed by atoms with E-state index in [-0.39, 0.29) is 23.1 Å². The van der Waals surface area contributed by atoms with Crippen molar-refractivity contribution in [3.8, 4) is 5.75 Å². The minimum atomic E-state index is -0.755. The fourth-order valence-corrected chi connectivity index (χ4v) is 3.67. The first-order chi connectivity index (χ1) is 16.1. The Morgan fingerprint density at radius 2 is 1.64 bits per heavy atom. The summed E-state index contributed by atoms with van der Waals surface area (Å²) in [4.78, 5) is 26.3. The lowest BCUT2D eigenvalue weighted by molar-refractivity contribution is -0.117. The second-order valence-electron chi connectivity index (χ2n) is 7.52. The van der Waals surface area contributed by atoms with Gasteiger partial charge in [-0.25, -0.2) is 0 Å². The average molecular weight is 441 g/mol. The van der Waals surface area contributed by atoms with Gasteiger partial charge in [-0.05, 0) is 35.9 Å². The number of anilines is 1. The summed E-state index contributed by atoms with van der Waals surface area (Å²) in [5.41, 5.74) is 2.92. The van der Waals surface area contributed by atoms with Crippen LogP contribution in [0.2, 0.25) is 0 Å². The quantitative estimate of drug-likeness (QED) is 0.383. The van der Waals surface area contributed by atoms with Crippen LogP contribution in [0.25, 0.3) is 0 Å². The molecule has 0 spiro atoms. The van der Waals surface area contributed by atoms with Crippen LogP contribution in [-0.2, 0) is 11.2 Å². The summed E-state index contributed by atoms with van der Waals surface area (Å²) in [6, 6.07) is 22.7. The number of allylic oxidation sites excluding steroid dienone is 2. The summed E-state index contributed by atoms with van der Waals surface area (Å²) in [6.45, 7) is 0. The molecule has 0 aromatic heterocycles. The zero-order valence-corrected chi connectivity index (χ0v) is 18.0. The number of nitrogens with one attached hydrogen (secondary N) is 2. The molecule has 1 atom stereocenters. The van der Waals surface area contributed by atoms with Gasteiger partial charge < -0.3 is 20.6 Å². The number of benzene rings is 3. The normalized spacial score (nSPS) is 14.8. The molecule has 0 bridgehead atoms. The molecule has 0 fully saturated rings. The van der Waals surface area contributed by atoms with Gasteiger partial charge in [-0.1, -0.05) is 59.8 Å². The van der Waals surface area contributed by atoms with Crippen molar-refractivity contribution < 1.29 is 19.5 Å². The van der Waals surface area contributed by atoms with Crippen LogP contribution in [0.3, 0.4) is 0 Å². The number of Topliss-reactive ketones (excluding diaryl/α,β-unsaturated/α-hetero) is 1. The number of hydrogen-bond acceptors (Lipinski definition) is 6. The number of carbonyl (C=O) groups is 2. The molecule has 1 amide bonds. The highest BCUT2D eigenvalue weighted by Gasteiger charge is 2.28. The molecule has 0 saturated heterocycles. The Balaban J connectivity index is 1.61. The van der Waals surface area contributed by atoms with Gasteiger partial charge >= 0.3 is 0 Å². The van der Waals surface area contributed by atoms with Crippen molar-refractivity contribution >= 4 is 23.1 Å². The Labute approximate surface area is 191 Å². The molecule has 7 heteroatoms. The van der Waals surface area contributed by atoms with Crippen molar-refractivity contribution in [1.82, 2.24) is 5.32 Å². The minimum Gasteiger partial charge on any atom is -0.497 e. The Morgan fingerprint density at radius 1 is 0.970 bits per heavy atom. The first-order valence-electron chi connectivity index (χ1n) is 10.4. The van der Waals surface area contributed by atoms with E-state index in [1.807, 2.05) is 30.3 Å². The maximum absolute atomic E-state index is 13.2. The van der Waals surface area contributed by atoms with E-state index in [2.05, 4.69) is 15.8 Å². The van der Waals surface area contributed by atoms with Gasteiger partial charge in [-0.2, -0.15) is 0 Å². The molecule has 3 N–H and O–H groups in total. The Bertz CT molecular complexity index is 1220. The molecule has 3 aromatic carbocycles. The highest BCUT2D eigenvalue weighted by atomic mass is 16.5. The average Bonchev–Trinajstić information content (AvgIpc) is 2.86. The Kier molecular flexibility index (Phi) is 6.50. The van der Waals surface area contributed by atoms with Gasteiger partial charge in [0.15, 0.2) is 0 Å². The van der Waals surface area contributed by atoms with Crippen molar-refractivity contribution in [2.75, 3.05) is 12.4 Å². The molecule has 0 saturated carbocycles. The number of ketones is 1. The summed E-state index contributed by atoms with van der Waals surface area (Å²) in [7, 11) is 1.57. The van der Waals surface area contributed by atoms with Crippen LogP contribution in [0.1, 0.15) is 21.5 Å². The third kappa shape index (κ3) is 4.93. The van der Waals surface area contributed by atoms with Gasteiger partial charge in [0.05, 0.1) is 12.8 Å². The number of carbonyl (C=O) groups excluding carboxylic acids is 2. The number of hydrogen-bond donors (Lipinski definition) is 3. The van der Waals surface area contributed by atoms with Crippen LogP contribution < -0.4 is 15.4 Å². The van der Waals surface area contributed by atoms with Gasteiger partial charge in [-0.15, -0.1) is 0 Å². The van der Waals surface area contributed by atoms with Crippen LogP contribution in [0.5, 0.6) is 5.75 Å². The number of amides is 1. The Morgan fingerprint density at radius 3 is 2.30 bits per heavy atom. The van der Waals surface area contributed by atoms with E-state index >= 15 is 0 Å². The molecule has 0 radical (unpaired) electrons. The van der Waals surface area contributed by atoms with Gasteiger partial charge in [0, 0.05) is 23.2 Å². The predicted molar refractivity (Wildman–Crippen MR) is 126 cm³/mol. The molecule has 0 unspecified atom stereocenters. The maximum Gasteiger partial charge on any atom is 0.247 e. The zero-order chi connectivity index (χ0) is 23.2. The third-order valence-electron chi connectivity index (χ3n) is 5.37.